The highest BCUT2D eigenvalue weighted by Crippen LogP contribution is 2.09. The molecule has 0 aliphatic rings. The van der Waals surface area contributed by atoms with Crippen molar-refractivity contribution >= 4 is 5.91 Å². The van der Waals surface area contributed by atoms with Crippen molar-refractivity contribution in [2.24, 2.45) is 0 Å². The maximum atomic E-state index is 12.0. The Kier molecular flexibility index (Phi) is 6.30. The van der Waals surface area contributed by atoms with E-state index in [4.69, 9.17) is 0 Å². The van der Waals surface area contributed by atoms with Crippen LogP contribution in [-0.2, 0) is 4.79 Å². The highest BCUT2D eigenvalue weighted by Gasteiger charge is 2.17. The zero-order chi connectivity index (χ0) is 12.0. The Morgan fingerprint density at radius 3 is 2.00 bits per heavy atom. The maximum absolute atomic E-state index is 12.0. The first-order valence-corrected chi connectivity index (χ1v) is 5.89. The van der Waals surface area contributed by atoms with Crippen LogP contribution >= 0.6 is 0 Å². The molecular formula is C13H25NO. The van der Waals surface area contributed by atoms with Gasteiger partial charge < -0.3 is 4.90 Å². The fourth-order valence-corrected chi connectivity index (χ4v) is 1.86. The van der Waals surface area contributed by atoms with Crippen LogP contribution in [0.4, 0.5) is 0 Å². The number of rotatable bonds is 5. The Labute approximate surface area is 94.4 Å². The molecule has 0 aromatic heterocycles. The van der Waals surface area contributed by atoms with Crippen LogP contribution in [-0.4, -0.2) is 22.9 Å². The van der Waals surface area contributed by atoms with Gasteiger partial charge >= 0.3 is 0 Å². The van der Waals surface area contributed by atoms with Crippen LogP contribution in [0.1, 0.15) is 54.4 Å². The average Bonchev–Trinajstić information content (AvgIpc) is 2.01. The number of amides is 1. The van der Waals surface area contributed by atoms with Gasteiger partial charge in [-0.25, -0.2) is 0 Å². The summed E-state index contributed by atoms with van der Waals surface area (Å²) in [5, 5.41) is 0. The van der Waals surface area contributed by atoms with E-state index in [-0.39, 0.29) is 18.0 Å². The molecule has 1 amide bonds. The van der Waals surface area contributed by atoms with Crippen molar-refractivity contribution in [1.82, 2.24) is 4.90 Å². The molecule has 2 nitrogen and oxygen atoms in total. The number of carbonyl (C=O) groups is 1. The zero-order valence-corrected chi connectivity index (χ0v) is 11.0. The van der Waals surface area contributed by atoms with Crippen LogP contribution in [0.5, 0.6) is 0 Å². The molecule has 0 N–H and O–H groups in total. The van der Waals surface area contributed by atoms with Crippen molar-refractivity contribution < 1.29 is 4.79 Å². The van der Waals surface area contributed by atoms with E-state index in [1.807, 2.05) is 11.8 Å². The van der Waals surface area contributed by atoms with Gasteiger partial charge in [0.2, 0.25) is 5.91 Å². The summed E-state index contributed by atoms with van der Waals surface area (Å²) in [4.78, 5) is 13.9. The van der Waals surface area contributed by atoms with E-state index in [0.717, 1.165) is 12.8 Å². The van der Waals surface area contributed by atoms with Gasteiger partial charge in [-0.3, -0.25) is 4.79 Å². The smallest absolute Gasteiger partial charge is 0.246 e. The minimum atomic E-state index is 0.144. The predicted molar refractivity (Wildman–Crippen MR) is 65.8 cm³/mol. The second-order valence-electron chi connectivity index (χ2n) is 4.67. The van der Waals surface area contributed by atoms with Gasteiger partial charge in [-0.2, -0.15) is 0 Å². The first-order chi connectivity index (χ1) is 6.90. The lowest BCUT2D eigenvalue weighted by molar-refractivity contribution is -0.129. The van der Waals surface area contributed by atoms with Crippen molar-refractivity contribution in [3.05, 3.63) is 11.6 Å². The number of nitrogens with zero attached hydrogens (tertiary/aromatic N) is 1. The third-order valence-electron chi connectivity index (χ3n) is 2.38. The number of allylic oxidation sites excluding steroid dienone is 1. The van der Waals surface area contributed by atoms with Crippen molar-refractivity contribution in [2.45, 2.75) is 66.5 Å². The number of carbonyl (C=O) groups excluding carboxylic acids is 1. The van der Waals surface area contributed by atoms with Crippen molar-refractivity contribution in [3.8, 4) is 0 Å². The lowest BCUT2D eigenvalue weighted by Crippen LogP contribution is -2.41. The van der Waals surface area contributed by atoms with Crippen LogP contribution in [0.25, 0.3) is 0 Å². The number of hydrogen-bond acceptors (Lipinski definition) is 1. The first kappa shape index (κ1) is 14.2. The van der Waals surface area contributed by atoms with Gasteiger partial charge in [0, 0.05) is 18.2 Å². The minimum absolute atomic E-state index is 0.144. The standard InChI is InChI=1S/C13H25NO/c1-7-8-12(6)9-13(15)14(10(2)3)11(4)5/h9-11H,7-8H2,1-6H3. The molecule has 0 saturated heterocycles. The third-order valence-corrected chi connectivity index (χ3v) is 2.38. The second-order valence-corrected chi connectivity index (χ2v) is 4.67. The van der Waals surface area contributed by atoms with Gasteiger partial charge in [0.25, 0.3) is 0 Å². The molecule has 0 radical (unpaired) electrons. The van der Waals surface area contributed by atoms with Gasteiger partial charge in [0.15, 0.2) is 0 Å². The van der Waals surface area contributed by atoms with Crippen LogP contribution in [0.2, 0.25) is 0 Å². The molecule has 0 atom stereocenters. The molecule has 0 aromatic carbocycles. The molecule has 2 heteroatoms. The van der Waals surface area contributed by atoms with Gasteiger partial charge in [-0.05, 0) is 41.0 Å². The zero-order valence-electron chi connectivity index (χ0n) is 11.0. The predicted octanol–water partition coefficient (Wildman–Crippen LogP) is 3.38. The molecule has 88 valence electrons. The Hall–Kier alpha value is -0.790. The Bertz CT molecular complexity index is 221. The van der Waals surface area contributed by atoms with Crippen molar-refractivity contribution in [1.29, 1.82) is 0 Å². The first-order valence-electron chi connectivity index (χ1n) is 5.89. The summed E-state index contributed by atoms with van der Waals surface area (Å²) >= 11 is 0. The fourth-order valence-electron chi connectivity index (χ4n) is 1.86. The Morgan fingerprint density at radius 1 is 1.20 bits per heavy atom. The molecule has 0 bridgehead atoms. The van der Waals surface area contributed by atoms with Crippen LogP contribution in [0, 0.1) is 0 Å². The van der Waals surface area contributed by atoms with Gasteiger partial charge in [-0.1, -0.05) is 18.9 Å². The summed E-state index contributed by atoms with van der Waals surface area (Å²) in [6.07, 6.45) is 3.89. The van der Waals surface area contributed by atoms with Gasteiger partial charge in [0.1, 0.15) is 0 Å². The van der Waals surface area contributed by atoms with Gasteiger partial charge in [-0.15, -0.1) is 0 Å². The SMILES string of the molecule is CCCC(C)=CC(=O)N(C(C)C)C(C)C. The summed E-state index contributed by atoms with van der Waals surface area (Å²) in [7, 11) is 0. The lowest BCUT2D eigenvalue weighted by Gasteiger charge is -2.29. The van der Waals surface area contributed by atoms with Crippen LogP contribution in [0.15, 0.2) is 11.6 Å². The van der Waals surface area contributed by atoms with E-state index in [9.17, 15) is 4.79 Å². The van der Waals surface area contributed by atoms with Gasteiger partial charge in [0.05, 0.1) is 0 Å². The Balaban J connectivity index is 4.59. The third kappa shape index (κ3) is 5.01. The molecule has 0 heterocycles. The molecule has 15 heavy (non-hydrogen) atoms. The molecule has 0 aromatic rings. The summed E-state index contributed by atoms with van der Waals surface area (Å²) < 4.78 is 0. The molecule has 0 fully saturated rings. The van der Waals surface area contributed by atoms with Crippen LogP contribution < -0.4 is 0 Å². The summed E-state index contributed by atoms with van der Waals surface area (Å²) in [5.41, 5.74) is 1.17. The molecule has 0 aliphatic carbocycles. The lowest BCUT2D eigenvalue weighted by atomic mass is 10.1. The van der Waals surface area contributed by atoms with E-state index in [0.29, 0.717) is 0 Å². The highest BCUT2D eigenvalue weighted by molar-refractivity contribution is 5.88. The summed E-state index contributed by atoms with van der Waals surface area (Å²) in [5.74, 6) is 0.144. The van der Waals surface area contributed by atoms with E-state index in [2.05, 4.69) is 34.6 Å². The summed E-state index contributed by atoms with van der Waals surface area (Å²) in [6.45, 7) is 12.4. The monoisotopic (exact) mass is 211 g/mol. The number of hydrogen-bond donors (Lipinski definition) is 0. The maximum Gasteiger partial charge on any atom is 0.246 e. The molecule has 0 rings (SSSR count). The minimum Gasteiger partial charge on any atom is -0.334 e. The topological polar surface area (TPSA) is 20.3 Å². The normalized spacial score (nSPS) is 12.4. The van der Waals surface area contributed by atoms with E-state index in [1.165, 1.54) is 5.57 Å². The fraction of sp³-hybridized carbons (Fsp3) is 0.769. The second kappa shape index (κ2) is 6.65. The van der Waals surface area contributed by atoms with E-state index in [1.54, 1.807) is 6.08 Å². The molecule has 0 unspecified atom stereocenters. The highest BCUT2D eigenvalue weighted by atomic mass is 16.2. The quantitative estimate of drug-likeness (QED) is 0.638. The van der Waals surface area contributed by atoms with Crippen molar-refractivity contribution in [2.75, 3.05) is 0 Å². The summed E-state index contributed by atoms with van der Waals surface area (Å²) in [6, 6.07) is 0.534. The molecule has 0 spiro atoms. The van der Waals surface area contributed by atoms with E-state index < -0.39 is 0 Å². The molecule has 0 saturated carbocycles. The molecule has 0 aliphatic heterocycles. The molecular weight excluding hydrogens is 186 g/mol. The average molecular weight is 211 g/mol. The van der Waals surface area contributed by atoms with E-state index >= 15 is 0 Å². The Morgan fingerprint density at radius 2 is 1.67 bits per heavy atom. The van der Waals surface area contributed by atoms with Crippen molar-refractivity contribution in [3.63, 3.8) is 0 Å². The van der Waals surface area contributed by atoms with Crippen LogP contribution in [0.3, 0.4) is 0 Å². The largest absolute Gasteiger partial charge is 0.334 e.